The van der Waals surface area contributed by atoms with Crippen LogP contribution in [0.4, 0.5) is 24.7 Å². The van der Waals surface area contributed by atoms with E-state index >= 15 is 0 Å². The Morgan fingerprint density at radius 2 is 1.90 bits per heavy atom. The molecule has 0 radical (unpaired) electrons. The highest BCUT2D eigenvalue weighted by Crippen LogP contribution is 2.35. The third-order valence-corrected chi connectivity index (χ3v) is 5.86. The van der Waals surface area contributed by atoms with Crippen LogP contribution in [0.5, 0.6) is 17.2 Å². The molecule has 4 rings (SSSR count). The lowest BCUT2D eigenvalue weighted by atomic mass is 10.3. The van der Waals surface area contributed by atoms with Crippen molar-refractivity contribution in [2.75, 3.05) is 26.0 Å². The summed E-state index contributed by atoms with van der Waals surface area (Å²) in [5.41, 5.74) is 2.81. The predicted molar refractivity (Wildman–Crippen MR) is 146 cm³/mol. The van der Waals surface area contributed by atoms with Crippen molar-refractivity contribution < 1.29 is 27.4 Å². The van der Waals surface area contributed by atoms with Crippen LogP contribution in [-0.4, -0.2) is 52.3 Å². The van der Waals surface area contributed by atoms with Crippen LogP contribution in [0.25, 0.3) is 11.0 Å². The van der Waals surface area contributed by atoms with Crippen molar-refractivity contribution >= 4 is 40.0 Å². The quantitative estimate of drug-likeness (QED) is 0.232. The Bertz CT molecular complexity index is 1540. The monoisotopic (exact) mass is 574 g/mol. The molecule has 0 bridgehead atoms. The molecular formula is C27H26ClF3N6O3. The fourth-order valence-corrected chi connectivity index (χ4v) is 3.97. The third-order valence-electron chi connectivity index (χ3n) is 5.57. The number of ether oxygens (including phenoxy) is 2. The average Bonchev–Trinajstić information content (AvgIpc) is 3.19. The topological polar surface area (TPSA) is 93.5 Å². The third kappa shape index (κ3) is 7.64. The van der Waals surface area contributed by atoms with Crippen molar-refractivity contribution in [1.29, 1.82) is 0 Å². The number of nitrogens with zero attached hydrogens (tertiary/aromatic N) is 4. The van der Waals surface area contributed by atoms with Gasteiger partial charge >= 0.3 is 6.36 Å². The Hall–Kier alpha value is -4.29. The molecule has 0 aliphatic heterocycles. The van der Waals surface area contributed by atoms with Crippen molar-refractivity contribution in [3.63, 3.8) is 0 Å². The fraction of sp³-hybridized carbons (Fsp3) is 0.222. The minimum absolute atomic E-state index is 0.124. The van der Waals surface area contributed by atoms with Crippen LogP contribution in [0.3, 0.4) is 0 Å². The van der Waals surface area contributed by atoms with Gasteiger partial charge in [-0.3, -0.25) is 4.79 Å². The molecule has 0 unspecified atom stereocenters. The summed E-state index contributed by atoms with van der Waals surface area (Å²) in [6, 6.07) is 11.9. The van der Waals surface area contributed by atoms with Crippen LogP contribution < -0.4 is 20.1 Å². The Balaban J connectivity index is 1.47. The standard InChI is InChI=1S/C27H26ClF3N6O3/c1-36(2)11-5-8-24(38)32-15-18-13-22-25(37(18)3)26(34-16-33-22)35-17-9-10-23(21(28)12-17)39-19-6-4-7-20(14-19)40-27(29,30)31/h4-10,12-14,16H,11,15H2,1-3H3,(H,32,38)(H,33,34,35). The predicted octanol–water partition coefficient (Wildman–Crippen LogP) is 5.79. The number of hydrogen-bond acceptors (Lipinski definition) is 7. The maximum Gasteiger partial charge on any atom is 0.573 e. The first-order valence-electron chi connectivity index (χ1n) is 12.0. The normalized spacial score (nSPS) is 11.8. The second kappa shape index (κ2) is 12.3. The van der Waals surface area contributed by atoms with Gasteiger partial charge in [0.05, 0.1) is 17.1 Å². The minimum Gasteiger partial charge on any atom is -0.456 e. The molecule has 0 saturated heterocycles. The lowest BCUT2D eigenvalue weighted by Crippen LogP contribution is -2.22. The largest absolute Gasteiger partial charge is 0.573 e. The van der Waals surface area contributed by atoms with Gasteiger partial charge in [-0.15, -0.1) is 13.2 Å². The first-order valence-corrected chi connectivity index (χ1v) is 12.3. The van der Waals surface area contributed by atoms with E-state index in [2.05, 4.69) is 25.3 Å². The summed E-state index contributed by atoms with van der Waals surface area (Å²) in [7, 11) is 5.68. The van der Waals surface area contributed by atoms with Crippen molar-refractivity contribution in [3.8, 4) is 17.2 Å². The molecule has 40 heavy (non-hydrogen) atoms. The number of alkyl halides is 3. The number of likely N-dealkylation sites (N-methyl/N-ethyl adjacent to an activating group) is 1. The van der Waals surface area contributed by atoms with Gasteiger partial charge in [-0.05, 0) is 50.5 Å². The number of hydrogen-bond donors (Lipinski definition) is 2. The zero-order valence-electron chi connectivity index (χ0n) is 21.8. The molecule has 0 aliphatic carbocycles. The molecule has 0 spiro atoms. The Morgan fingerprint density at radius 1 is 1.12 bits per heavy atom. The highest BCUT2D eigenvalue weighted by Gasteiger charge is 2.31. The van der Waals surface area contributed by atoms with Crippen LogP contribution in [-0.2, 0) is 18.4 Å². The molecule has 0 fully saturated rings. The van der Waals surface area contributed by atoms with Gasteiger partial charge in [0, 0.05) is 37.1 Å². The van der Waals surface area contributed by atoms with E-state index in [0.29, 0.717) is 35.6 Å². The van der Waals surface area contributed by atoms with Crippen LogP contribution in [0.2, 0.25) is 5.02 Å². The van der Waals surface area contributed by atoms with E-state index in [-0.39, 0.29) is 22.4 Å². The van der Waals surface area contributed by atoms with Gasteiger partial charge in [0.15, 0.2) is 5.82 Å². The van der Waals surface area contributed by atoms with E-state index in [9.17, 15) is 18.0 Å². The van der Waals surface area contributed by atoms with Gasteiger partial charge in [-0.25, -0.2) is 9.97 Å². The van der Waals surface area contributed by atoms with Crippen molar-refractivity contribution in [1.82, 2.24) is 24.8 Å². The first-order chi connectivity index (χ1) is 19.0. The molecule has 210 valence electrons. The van der Waals surface area contributed by atoms with Crippen LogP contribution >= 0.6 is 11.6 Å². The van der Waals surface area contributed by atoms with E-state index in [1.165, 1.54) is 30.6 Å². The molecule has 2 aromatic carbocycles. The van der Waals surface area contributed by atoms with Gasteiger partial charge < -0.3 is 29.6 Å². The highest BCUT2D eigenvalue weighted by atomic mass is 35.5. The summed E-state index contributed by atoms with van der Waals surface area (Å²) < 4.78 is 49.0. The van der Waals surface area contributed by atoms with Crippen molar-refractivity contribution in [2.45, 2.75) is 12.9 Å². The molecule has 9 nitrogen and oxygen atoms in total. The number of halogens is 4. The number of aryl methyl sites for hydroxylation is 1. The van der Waals surface area contributed by atoms with E-state index in [0.717, 1.165) is 11.8 Å². The second-order valence-electron chi connectivity index (χ2n) is 8.93. The van der Waals surface area contributed by atoms with E-state index in [1.54, 1.807) is 24.3 Å². The second-order valence-corrected chi connectivity index (χ2v) is 9.34. The molecule has 0 saturated carbocycles. The van der Waals surface area contributed by atoms with Gasteiger partial charge in [0.2, 0.25) is 5.91 Å². The summed E-state index contributed by atoms with van der Waals surface area (Å²) in [6.45, 7) is 0.956. The lowest BCUT2D eigenvalue weighted by molar-refractivity contribution is -0.274. The number of anilines is 2. The molecule has 1 amide bonds. The van der Waals surface area contributed by atoms with Crippen LogP contribution in [0, 0.1) is 0 Å². The molecule has 2 N–H and O–H groups in total. The van der Waals surface area contributed by atoms with Crippen molar-refractivity contribution in [3.05, 3.63) is 77.7 Å². The summed E-state index contributed by atoms with van der Waals surface area (Å²) in [4.78, 5) is 22.8. The maximum absolute atomic E-state index is 12.5. The van der Waals surface area contributed by atoms with E-state index < -0.39 is 12.1 Å². The SMILES string of the molecule is CN(C)CC=CC(=O)NCc1cc2ncnc(Nc3ccc(Oc4cccc(OC(F)(F)F)c4)c(Cl)c3)c2n1C. The Labute approximate surface area is 233 Å². The molecule has 13 heteroatoms. The molecule has 2 aromatic heterocycles. The number of amides is 1. The summed E-state index contributed by atoms with van der Waals surface area (Å²) in [5, 5.41) is 6.29. The number of carbonyl (C=O) groups is 1. The highest BCUT2D eigenvalue weighted by molar-refractivity contribution is 6.32. The average molecular weight is 575 g/mol. The zero-order valence-corrected chi connectivity index (χ0v) is 22.5. The van der Waals surface area contributed by atoms with E-state index in [4.69, 9.17) is 16.3 Å². The summed E-state index contributed by atoms with van der Waals surface area (Å²) >= 11 is 6.41. The Morgan fingerprint density at radius 3 is 2.62 bits per heavy atom. The van der Waals surface area contributed by atoms with Crippen LogP contribution in [0.1, 0.15) is 5.69 Å². The molecule has 0 atom stereocenters. The van der Waals surface area contributed by atoms with Gasteiger partial charge in [-0.2, -0.15) is 0 Å². The zero-order chi connectivity index (χ0) is 28.9. The van der Waals surface area contributed by atoms with E-state index in [1.807, 2.05) is 36.7 Å². The first kappa shape index (κ1) is 28.7. The summed E-state index contributed by atoms with van der Waals surface area (Å²) in [5.74, 6) is 0.263. The van der Waals surface area contributed by atoms with Gasteiger partial charge in [-0.1, -0.05) is 23.7 Å². The number of fused-ring (bicyclic) bond motifs is 1. The fourth-order valence-electron chi connectivity index (χ4n) is 3.76. The lowest BCUT2D eigenvalue weighted by Gasteiger charge is -2.13. The van der Waals surface area contributed by atoms with Gasteiger partial charge in [0.25, 0.3) is 0 Å². The van der Waals surface area contributed by atoms with Crippen LogP contribution in [0.15, 0.2) is 67.0 Å². The number of carbonyl (C=O) groups excluding carboxylic acids is 1. The van der Waals surface area contributed by atoms with Gasteiger partial charge in [0.1, 0.15) is 29.1 Å². The smallest absolute Gasteiger partial charge is 0.456 e. The minimum atomic E-state index is -4.81. The molecule has 0 aliphatic rings. The number of rotatable bonds is 10. The molecular weight excluding hydrogens is 549 g/mol. The summed E-state index contributed by atoms with van der Waals surface area (Å²) in [6.07, 6.45) is -0.108. The molecule has 4 aromatic rings. The molecule has 2 heterocycles. The maximum atomic E-state index is 12.5. The Kier molecular flexibility index (Phi) is 8.80. The number of aromatic nitrogens is 3. The number of benzene rings is 2. The number of nitrogens with one attached hydrogen (secondary N) is 2. The van der Waals surface area contributed by atoms with Crippen molar-refractivity contribution in [2.24, 2.45) is 7.05 Å².